The Morgan fingerprint density at radius 1 is 0.970 bits per heavy atom. The number of carbonyl (C=O) groups is 2. The summed E-state index contributed by atoms with van der Waals surface area (Å²) in [4.78, 5) is 25.0. The van der Waals surface area contributed by atoms with Crippen LogP contribution in [-0.2, 0) is 11.4 Å². The minimum Gasteiger partial charge on any atom is -0.489 e. The van der Waals surface area contributed by atoms with E-state index in [1.165, 1.54) is 0 Å². The van der Waals surface area contributed by atoms with Crippen LogP contribution in [0.15, 0.2) is 88.4 Å². The van der Waals surface area contributed by atoms with Crippen molar-refractivity contribution in [2.24, 2.45) is 11.0 Å². The predicted octanol–water partition coefficient (Wildman–Crippen LogP) is 4.93. The Labute approximate surface area is 202 Å². The first-order chi connectivity index (χ1) is 15.9. The zero-order chi connectivity index (χ0) is 23.6. The van der Waals surface area contributed by atoms with Crippen LogP contribution < -0.4 is 15.5 Å². The van der Waals surface area contributed by atoms with Crippen LogP contribution in [0.4, 0.5) is 0 Å². The summed E-state index contributed by atoms with van der Waals surface area (Å²) >= 11 is 3.42. The van der Waals surface area contributed by atoms with E-state index in [0.29, 0.717) is 12.2 Å². The highest BCUT2D eigenvalue weighted by atomic mass is 79.9. The van der Waals surface area contributed by atoms with Crippen molar-refractivity contribution in [3.8, 4) is 5.75 Å². The number of ether oxygens (including phenoxy) is 1. The van der Waals surface area contributed by atoms with Gasteiger partial charge in [-0.15, -0.1) is 0 Å². The zero-order valence-corrected chi connectivity index (χ0v) is 20.1. The van der Waals surface area contributed by atoms with Crippen LogP contribution in [0, 0.1) is 5.92 Å². The van der Waals surface area contributed by atoms with Crippen LogP contribution in [0.3, 0.4) is 0 Å². The molecule has 170 valence electrons. The molecule has 0 aliphatic carbocycles. The third kappa shape index (κ3) is 7.57. The Morgan fingerprint density at radius 2 is 1.64 bits per heavy atom. The first kappa shape index (κ1) is 24.2. The van der Waals surface area contributed by atoms with E-state index in [-0.39, 0.29) is 17.7 Å². The molecule has 7 heteroatoms. The fraction of sp³-hybridized carbons (Fsp3) is 0.192. The summed E-state index contributed by atoms with van der Waals surface area (Å²) in [6.45, 7) is 4.21. The number of hydrogen-bond acceptors (Lipinski definition) is 4. The Bertz CT molecular complexity index is 1080. The molecule has 33 heavy (non-hydrogen) atoms. The van der Waals surface area contributed by atoms with E-state index >= 15 is 0 Å². The molecule has 0 aromatic heterocycles. The van der Waals surface area contributed by atoms with E-state index < -0.39 is 6.04 Å². The maximum Gasteiger partial charge on any atom is 0.262 e. The van der Waals surface area contributed by atoms with Crippen molar-refractivity contribution in [2.45, 2.75) is 26.5 Å². The van der Waals surface area contributed by atoms with Crippen LogP contribution >= 0.6 is 15.9 Å². The fourth-order valence-corrected chi connectivity index (χ4v) is 3.25. The largest absolute Gasteiger partial charge is 0.489 e. The molecule has 3 aromatic carbocycles. The van der Waals surface area contributed by atoms with Crippen LogP contribution in [-0.4, -0.2) is 24.1 Å². The molecule has 0 aliphatic heterocycles. The molecule has 0 aliphatic rings. The quantitative estimate of drug-likeness (QED) is 0.318. The fourth-order valence-electron chi connectivity index (χ4n) is 2.99. The van der Waals surface area contributed by atoms with E-state index in [1.54, 1.807) is 30.5 Å². The molecule has 0 bridgehead atoms. The number of hydrazone groups is 1. The molecule has 0 heterocycles. The molecular formula is C26H26BrN3O3. The van der Waals surface area contributed by atoms with Gasteiger partial charge in [0.05, 0.1) is 6.21 Å². The number of hydrogen-bond donors (Lipinski definition) is 2. The molecule has 1 atom stereocenters. The summed E-state index contributed by atoms with van der Waals surface area (Å²) in [6.07, 6.45) is 1.55. The van der Waals surface area contributed by atoms with Gasteiger partial charge in [0.25, 0.3) is 11.8 Å². The third-order valence-electron chi connectivity index (χ3n) is 4.86. The van der Waals surface area contributed by atoms with Gasteiger partial charge in [0.15, 0.2) is 0 Å². The van der Waals surface area contributed by atoms with E-state index in [1.807, 2.05) is 68.4 Å². The van der Waals surface area contributed by atoms with Crippen LogP contribution in [0.1, 0.15) is 35.3 Å². The van der Waals surface area contributed by atoms with Gasteiger partial charge in [-0.1, -0.05) is 60.1 Å². The van der Waals surface area contributed by atoms with Crippen LogP contribution in [0.2, 0.25) is 0 Å². The molecule has 0 radical (unpaired) electrons. The van der Waals surface area contributed by atoms with Crippen LogP contribution in [0.5, 0.6) is 5.75 Å². The lowest BCUT2D eigenvalue weighted by Gasteiger charge is -2.20. The first-order valence-electron chi connectivity index (χ1n) is 10.6. The number of benzene rings is 3. The smallest absolute Gasteiger partial charge is 0.262 e. The first-order valence-corrected chi connectivity index (χ1v) is 11.4. The second-order valence-corrected chi connectivity index (χ2v) is 8.70. The molecule has 2 amide bonds. The molecule has 6 nitrogen and oxygen atoms in total. The van der Waals surface area contributed by atoms with Crippen LogP contribution in [0.25, 0.3) is 0 Å². The Kier molecular flexibility index (Phi) is 8.78. The standard InChI is InChI=1S/C26H26BrN3O3/c1-18(2)24(29-25(31)21-6-4-3-5-7-21)26(32)30-28-16-19-10-14-23(15-11-19)33-17-20-8-12-22(27)13-9-20/h3-16,18,24H,17H2,1-2H3,(H,29,31)(H,30,32). The van der Waals surface area contributed by atoms with E-state index in [4.69, 9.17) is 4.74 Å². The molecule has 0 spiro atoms. The summed E-state index contributed by atoms with van der Waals surface area (Å²) in [6, 6.07) is 23.4. The maximum atomic E-state index is 12.6. The third-order valence-corrected chi connectivity index (χ3v) is 5.39. The van der Waals surface area contributed by atoms with E-state index in [9.17, 15) is 9.59 Å². The van der Waals surface area contributed by atoms with E-state index in [0.717, 1.165) is 21.3 Å². The molecule has 0 saturated carbocycles. The minimum atomic E-state index is -0.704. The van der Waals surface area contributed by atoms with Gasteiger partial charge in [-0.3, -0.25) is 9.59 Å². The van der Waals surface area contributed by atoms with Gasteiger partial charge in [-0.25, -0.2) is 5.43 Å². The molecule has 0 saturated heterocycles. The van der Waals surface area contributed by atoms with Gasteiger partial charge >= 0.3 is 0 Å². The summed E-state index contributed by atoms with van der Waals surface area (Å²) in [7, 11) is 0. The van der Waals surface area contributed by atoms with Gasteiger partial charge in [-0.05, 0) is 65.6 Å². The summed E-state index contributed by atoms with van der Waals surface area (Å²) in [5.74, 6) is -0.0373. The highest BCUT2D eigenvalue weighted by molar-refractivity contribution is 9.10. The van der Waals surface area contributed by atoms with Gasteiger partial charge in [0.1, 0.15) is 18.4 Å². The average molecular weight is 508 g/mol. The molecule has 3 aromatic rings. The molecular weight excluding hydrogens is 482 g/mol. The summed E-state index contributed by atoms with van der Waals surface area (Å²) in [5, 5.41) is 6.81. The maximum absolute atomic E-state index is 12.6. The second-order valence-electron chi connectivity index (χ2n) is 7.78. The van der Waals surface area contributed by atoms with Crippen molar-refractivity contribution in [1.82, 2.24) is 10.7 Å². The number of halogens is 1. The lowest BCUT2D eigenvalue weighted by atomic mass is 10.0. The van der Waals surface area contributed by atoms with Crippen molar-refractivity contribution < 1.29 is 14.3 Å². The number of carbonyl (C=O) groups excluding carboxylic acids is 2. The summed E-state index contributed by atoms with van der Waals surface area (Å²) < 4.78 is 6.82. The molecule has 2 N–H and O–H groups in total. The number of rotatable bonds is 9. The van der Waals surface area contributed by atoms with Crippen molar-refractivity contribution >= 4 is 34.0 Å². The average Bonchev–Trinajstić information content (AvgIpc) is 2.83. The highest BCUT2D eigenvalue weighted by Gasteiger charge is 2.24. The number of amides is 2. The van der Waals surface area contributed by atoms with Crippen molar-refractivity contribution in [1.29, 1.82) is 0 Å². The molecule has 0 fully saturated rings. The van der Waals surface area contributed by atoms with Gasteiger partial charge in [-0.2, -0.15) is 5.10 Å². The van der Waals surface area contributed by atoms with Crippen molar-refractivity contribution in [3.05, 3.63) is 100 Å². The zero-order valence-electron chi connectivity index (χ0n) is 18.5. The highest BCUT2D eigenvalue weighted by Crippen LogP contribution is 2.15. The number of nitrogens with zero attached hydrogens (tertiary/aromatic N) is 1. The second kappa shape index (κ2) is 12.0. The normalized spacial score (nSPS) is 11.9. The van der Waals surface area contributed by atoms with Gasteiger partial charge < -0.3 is 10.1 Å². The van der Waals surface area contributed by atoms with Crippen molar-refractivity contribution in [2.75, 3.05) is 0 Å². The van der Waals surface area contributed by atoms with Gasteiger partial charge in [0.2, 0.25) is 0 Å². The Balaban J connectivity index is 1.51. The monoisotopic (exact) mass is 507 g/mol. The lowest BCUT2D eigenvalue weighted by Crippen LogP contribution is -2.48. The Morgan fingerprint density at radius 3 is 2.27 bits per heavy atom. The van der Waals surface area contributed by atoms with Crippen molar-refractivity contribution in [3.63, 3.8) is 0 Å². The molecule has 3 rings (SSSR count). The topological polar surface area (TPSA) is 79.8 Å². The summed E-state index contributed by atoms with van der Waals surface area (Å²) in [5.41, 5.74) is 4.90. The number of nitrogens with one attached hydrogen (secondary N) is 2. The predicted molar refractivity (Wildman–Crippen MR) is 133 cm³/mol. The Hall–Kier alpha value is -3.45. The lowest BCUT2D eigenvalue weighted by molar-refractivity contribution is -0.123. The van der Waals surface area contributed by atoms with Gasteiger partial charge in [0, 0.05) is 10.0 Å². The molecule has 1 unspecified atom stereocenters. The van der Waals surface area contributed by atoms with E-state index in [2.05, 4.69) is 31.8 Å². The minimum absolute atomic E-state index is 0.102. The SMILES string of the molecule is CC(C)C(NC(=O)c1ccccc1)C(=O)NN=Cc1ccc(OCc2ccc(Br)cc2)cc1.